The molecule has 1 aliphatic rings. The molecule has 140 valence electrons. The molecule has 1 atom stereocenters. The number of carbonyl (C=O) groups is 2. The fourth-order valence-electron chi connectivity index (χ4n) is 3.03. The second-order valence-corrected chi connectivity index (χ2v) is 7.53. The van der Waals surface area contributed by atoms with E-state index in [-0.39, 0.29) is 6.54 Å². The van der Waals surface area contributed by atoms with Gasteiger partial charge in [-0.2, -0.15) is 0 Å². The molecule has 1 aliphatic heterocycles. The van der Waals surface area contributed by atoms with Crippen LogP contribution >= 0.6 is 0 Å². The van der Waals surface area contributed by atoms with Crippen molar-refractivity contribution in [1.29, 1.82) is 0 Å². The van der Waals surface area contributed by atoms with Crippen LogP contribution in [0.25, 0.3) is 16.7 Å². The van der Waals surface area contributed by atoms with E-state index in [1.165, 1.54) is 4.90 Å². The average Bonchev–Trinajstić information content (AvgIpc) is 3.07. The molecule has 0 aromatic heterocycles. The van der Waals surface area contributed by atoms with Crippen LogP contribution in [0.4, 0.5) is 4.79 Å². The van der Waals surface area contributed by atoms with Crippen molar-refractivity contribution in [1.82, 2.24) is 4.90 Å². The third-order valence-electron chi connectivity index (χ3n) is 4.26. The maximum Gasteiger partial charge on any atom is 0.411 e. The number of benzene rings is 2. The van der Waals surface area contributed by atoms with Gasteiger partial charge in [-0.05, 0) is 55.2 Å². The highest BCUT2D eigenvalue weighted by Gasteiger charge is 2.36. The Morgan fingerprint density at radius 3 is 2.26 bits per heavy atom. The van der Waals surface area contributed by atoms with Gasteiger partial charge in [0.25, 0.3) is 0 Å². The van der Waals surface area contributed by atoms with Crippen molar-refractivity contribution in [2.45, 2.75) is 32.4 Å². The summed E-state index contributed by atoms with van der Waals surface area (Å²) in [5, 5.41) is 9.53. The molecule has 27 heavy (non-hydrogen) atoms. The minimum Gasteiger partial charge on any atom is -0.479 e. The van der Waals surface area contributed by atoms with Crippen LogP contribution in [0.2, 0.25) is 0 Å². The van der Waals surface area contributed by atoms with Crippen molar-refractivity contribution < 1.29 is 19.4 Å². The SMILES string of the molecule is CC(C)(C)OC(=O)N1CC(c2cccc(-c3ccccc3)c2)=C[C@@H]1C(=O)O. The van der Waals surface area contributed by atoms with Gasteiger partial charge in [-0.1, -0.05) is 48.5 Å². The second kappa shape index (κ2) is 7.27. The fraction of sp³-hybridized carbons (Fsp3) is 0.273. The molecule has 0 aliphatic carbocycles. The summed E-state index contributed by atoms with van der Waals surface area (Å²) in [6.07, 6.45) is 0.997. The zero-order valence-corrected chi connectivity index (χ0v) is 15.7. The second-order valence-electron chi connectivity index (χ2n) is 7.53. The summed E-state index contributed by atoms with van der Waals surface area (Å²) in [6, 6.07) is 16.8. The first kappa shape index (κ1) is 18.7. The molecule has 5 heteroatoms. The maximum absolute atomic E-state index is 12.4. The van der Waals surface area contributed by atoms with Gasteiger partial charge >= 0.3 is 12.1 Å². The summed E-state index contributed by atoms with van der Waals surface area (Å²) in [5.41, 5.74) is 3.13. The number of carboxylic acid groups (broad SMARTS) is 1. The normalized spacial score (nSPS) is 16.8. The van der Waals surface area contributed by atoms with Crippen LogP contribution < -0.4 is 0 Å². The van der Waals surface area contributed by atoms with Crippen molar-refractivity contribution in [3.63, 3.8) is 0 Å². The minimum absolute atomic E-state index is 0.199. The van der Waals surface area contributed by atoms with Gasteiger partial charge in [0, 0.05) is 0 Å². The van der Waals surface area contributed by atoms with Crippen molar-refractivity contribution in [3.8, 4) is 11.1 Å². The number of hydrogen-bond acceptors (Lipinski definition) is 3. The molecule has 0 spiro atoms. The molecule has 0 bridgehead atoms. The highest BCUT2D eigenvalue weighted by atomic mass is 16.6. The molecule has 1 N–H and O–H groups in total. The lowest BCUT2D eigenvalue weighted by molar-refractivity contribution is -0.140. The van der Waals surface area contributed by atoms with Crippen LogP contribution in [0.3, 0.4) is 0 Å². The zero-order chi connectivity index (χ0) is 19.6. The highest BCUT2D eigenvalue weighted by Crippen LogP contribution is 2.30. The molecule has 2 aromatic carbocycles. The van der Waals surface area contributed by atoms with E-state index in [1.807, 2.05) is 54.6 Å². The molecule has 1 amide bonds. The smallest absolute Gasteiger partial charge is 0.411 e. The van der Waals surface area contributed by atoms with Crippen LogP contribution in [0, 0.1) is 0 Å². The Morgan fingerprint density at radius 2 is 1.63 bits per heavy atom. The average molecular weight is 365 g/mol. The molecule has 0 saturated carbocycles. The van der Waals surface area contributed by atoms with Gasteiger partial charge in [0.15, 0.2) is 6.04 Å². The predicted molar refractivity (Wildman–Crippen MR) is 104 cm³/mol. The molecule has 2 aromatic rings. The van der Waals surface area contributed by atoms with Gasteiger partial charge in [-0.25, -0.2) is 9.59 Å². The summed E-state index contributed by atoms with van der Waals surface area (Å²) in [7, 11) is 0. The van der Waals surface area contributed by atoms with Crippen LogP contribution in [-0.4, -0.2) is 40.3 Å². The lowest BCUT2D eigenvalue weighted by Crippen LogP contribution is -2.43. The number of rotatable bonds is 3. The quantitative estimate of drug-likeness (QED) is 0.873. The maximum atomic E-state index is 12.4. The fourth-order valence-corrected chi connectivity index (χ4v) is 3.03. The van der Waals surface area contributed by atoms with E-state index in [2.05, 4.69) is 0 Å². The summed E-state index contributed by atoms with van der Waals surface area (Å²) in [5.74, 6) is -1.07. The minimum atomic E-state index is -1.07. The number of amides is 1. The van der Waals surface area contributed by atoms with Gasteiger partial charge in [0.05, 0.1) is 6.54 Å². The third-order valence-corrected chi connectivity index (χ3v) is 4.26. The Balaban J connectivity index is 1.88. The van der Waals surface area contributed by atoms with Crippen molar-refractivity contribution in [2.75, 3.05) is 6.54 Å². The first-order chi connectivity index (χ1) is 12.7. The van der Waals surface area contributed by atoms with E-state index in [0.29, 0.717) is 0 Å². The summed E-state index contributed by atoms with van der Waals surface area (Å²) in [6.45, 7) is 5.47. The van der Waals surface area contributed by atoms with Gasteiger partial charge in [-0.3, -0.25) is 4.90 Å². The van der Waals surface area contributed by atoms with Gasteiger partial charge < -0.3 is 9.84 Å². The summed E-state index contributed by atoms with van der Waals surface area (Å²) >= 11 is 0. The summed E-state index contributed by atoms with van der Waals surface area (Å²) < 4.78 is 5.37. The first-order valence-corrected chi connectivity index (χ1v) is 8.83. The van der Waals surface area contributed by atoms with E-state index in [1.54, 1.807) is 26.8 Å². The number of aliphatic carboxylic acids is 1. The van der Waals surface area contributed by atoms with Gasteiger partial charge in [0.2, 0.25) is 0 Å². The molecule has 0 saturated heterocycles. The van der Waals surface area contributed by atoms with E-state index in [0.717, 1.165) is 22.3 Å². The van der Waals surface area contributed by atoms with Crippen LogP contribution in [0.5, 0.6) is 0 Å². The topological polar surface area (TPSA) is 66.8 Å². The lowest BCUT2D eigenvalue weighted by atomic mass is 9.99. The Hall–Kier alpha value is -3.08. The van der Waals surface area contributed by atoms with E-state index < -0.39 is 23.7 Å². The summed E-state index contributed by atoms with van der Waals surface area (Å²) in [4.78, 5) is 25.3. The van der Waals surface area contributed by atoms with E-state index in [4.69, 9.17) is 4.74 Å². The standard InChI is InChI=1S/C22H23NO4/c1-22(2,3)27-21(26)23-14-18(13-19(23)20(24)25)17-11-7-10-16(12-17)15-8-5-4-6-9-15/h4-13,19H,14H2,1-3H3,(H,24,25)/t19-/m1/s1. The first-order valence-electron chi connectivity index (χ1n) is 8.83. The lowest BCUT2D eigenvalue weighted by Gasteiger charge is -2.27. The predicted octanol–water partition coefficient (Wildman–Crippen LogP) is 4.44. The Kier molecular flexibility index (Phi) is 5.04. The van der Waals surface area contributed by atoms with Crippen LogP contribution in [0.1, 0.15) is 26.3 Å². The molecule has 0 unspecified atom stereocenters. The van der Waals surface area contributed by atoms with Gasteiger partial charge in [0.1, 0.15) is 5.60 Å². The van der Waals surface area contributed by atoms with Crippen molar-refractivity contribution >= 4 is 17.6 Å². The molecular weight excluding hydrogens is 342 g/mol. The third kappa shape index (κ3) is 4.37. The number of hydrogen-bond donors (Lipinski definition) is 1. The molecular formula is C22H23NO4. The Labute approximate surface area is 158 Å². The number of nitrogens with zero attached hydrogens (tertiary/aromatic N) is 1. The van der Waals surface area contributed by atoms with Crippen molar-refractivity contribution in [2.24, 2.45) is 0 Å². The van der Waals surface area contributed by atoms with E-state index >= 15 is 0 Å². The Bertz CT molecular complexity index is 881. The van der Waals surface area contributed by atoms with E-state index in [9.17, 15) is 14.7 Å². The van der Waals surface area contributed by atoms with Crippen LogP contribution in [0.15, 0.2) is 60.7 Å². The monoisotopic (exact) mass is 365 g/mol. The molecule has 0 radical (unpaired) electrons. The highest BCUT2D eigenvalue weighted by molar-refractivity contribution is 5.89. The molecule has 3 rings (SSSR count). The number of carbonyl (C=O) groups excluding carboxylic acids is 1. The molecule has 1 heterocycles. The van der Waals surface area contributed by atoms with Gasteiger partial charge in [-0.15, -0.1) is 0 Å². The zero-order valence-electron chi connectivity index (χ0n) is 15.7. The van der Waals surface area contributed by atoms with Crippen molar-refractivity contribution in [3.05, 3.63) is 66.2 Å². The molecule has 5 nitrogen and oxygen atoms in total. The largest absolute Gasteiger partial charge is 0.479 e. The Morgan fingerprint density at radius 1 is 1.00 bits per heavy atom. The molecule has 0 fully saturated rings. The van der Waals surface area contributed by atoms with Crippen LogP contribution in [-0.2, 0) is 9.53 Å². The number of ether oxygens (including phenoxy) is 1. The number of carboxylic acids is 1.